The summed E-state index contributed by atoms with van der Waals surface area (Å²) in [5.41, 5.74) is 4.68. The molecular formula is C10H15F2N3O2. The number of hydrogen-bond acceptors (Lipinski definition) is 4. The van der Waals surface area contributed by atoms with Gasteiger partial charge in [-0.15, -0.1) is 0 Å². The number of esters is 1. The summed E-state index contributed by atoms with van der Waals surface area (Å²) in [6, 6.07) is 0. The van der Waals surface area contributed by atoms with Gasteiger partial charge < -0.3 is 10.5 Å². The Labute approximate surface area is 97.5 Å². The number of halogens is 2. The highest BCUT2D eigenvalue weighted by Gasteiger charge is 2.24. The molecule has 0 aliphatic carbocycles. The van der Waals surface area contributed by atoms with E-state index in [0.29, 0.717) is 0 Å². The molecule has 0 atom stereocenters. The Morgan fingerprint density at radius 2 is 2.18 bits per heavy atom. The summed E-state index contributed by atoms with van der Waals surface area (Å²) in [7, 11) is 0. The molecule has 0 saturated carbocycles. The Bertz CT molecular complexity index is 410. The van der Waals surface area contributed by atoms with E-state index in [4.69, 9.17) is 10.5 Å². The van der Waals surface area contributed by atoms with Gasteiger partial charge in [0, 0.05) is 0 Å². The molecule has 2 N–H and O–H groups in total. The van der Waals surface area contributed by atoms with E-state index < -0.39 is 24.5 Å². The predicted molar refractivity (Wildman–Crippen MR) is 57.8 cm³/mol. The van der Waals surface area contributed by atoms with Crippen LogP contribution in [0.4, 0.5) is 14.5 Å². The van der Waals surface area contributed by atoms with Gasteiger partial charge >= 0.3 is 5.97 Å². The summed E-state index contributed by atoms with van der Waals surface area (Å²) < 4.78 is 30.4. The second kappa shape index (κ2) is 4.68. The summed E-state index contributed by atoms with van der Waals surface area (Å²) in [5, 5.41) is 3.62. The molecule has 0 amide bonds. The van der Waals surface area contributed by atoms with E-state index in [2.05, 4.69) is 5.10 Å². The van der Waals surface area contributed by atoms with Crippen LogP contribution in [0.1, 0.15) is 31.3 Å². The van der Waals surface area contributed by atoms with Crippen LogP contribution < -0.4 is 5.73 Å². The highest BCUT2D eigenvalue weighted by Crippen LogP contribution is 2.17. The number of carbonyl (C=O) groups excluding carboxylic acids is 1. The van der Waals surface area contributed by atoms with E-state index >= 15 is 0 Å². The van der Waals surface area contributed by atoms with Crippen molar-refractivity contribution in [3.05, 3.63) is 11.9 Å². The highest BCUT2D eigenvalue weighted by atomic mass is 19.3. The highest BCUT2D eigenvalue weighted by molar-refractivity contribution is 5.93. The van der Waals surface area contributed by atoms with E-state index in [9.17, 15) is 13.6 Å². The van der Waals surface area contributed by atoms with E-state index in [1.807, 2.05) is 0 Å². The number of rotatable bonds is 3. The predicted octanol–water partition coefficient (Wildman–Crippen LogP) is 1.69. The topological polar surface area (TPSA) is 70.1 Å². The van der Waals surface area contributed by atoms with Gasteiger partial charge in [-0.1, -0.05) is 0 Å². The van der Waals surface area contributed by atoms with Crippen molar-refractivity contribution < 1.29 is 18.3 Å². The van der Waals surface area contributed by atoms with Crippen molar-refractivity contribution >= 4 is 11.7 Å². The Hall–Kier alpha value is -1.66. The Kier molecular flexibility index (Phi) is 3.69. The second-order valence-corrected chi connectivity index (χ2v) is 4.52. The zero-order valence-corrected chi connectivity index (χ0v) is 9.91. The molecule has 0 aliphatic rings. The van der Waals surface area contributed by atoms with E-state index in [1.165, 1.54) is 0 Å². The summed E-state index contributed by atoms with van der Waals surface area (Å²) in [6.45, 7) is 4.34. The van der Waals surface area contributed by atoms with Crippen molar-refractivity contribution in [3.63, 3.8) is 0 Å². The molecule has 0 aromatic carbocycles. The molecule has 1 rings (SSSR count). The largest absolute Gasteiger partial charge is 0.455 e. The van der Waals surface area contributed by atoms with E-state index in [-0.39, 0.29) is 11.4 Å². The summed E-state index contributed by atoms with van der Waals surface area (Å²) >= 11 is 0. The van der Waals surface area contributed by atoms with Gasteiger partial charge in [0.1, 0.15) is 12.1 Å². The lowest BCUT2D eigenvalue weighted by Gasteiger charge is -2.19. The van der Waals surface area contributed by atoms with Crippen LogP contribution in [-0.4, -0.2) is 27.8 Å². The lowest BCUT2D eigenvalue weighted by atomic mass is 10.2. The zero-order chi connectivity index (χ0) is 13.2. The molecule has 17 heavy (non-hydrogen) atoms. The molecule has 0 fully saturated rings. The molecule has 1 aromatic heterocycles. The average molecular weight is 247 g/mol. The first-order valence-corrected chi connectivity index (χ1v) is 5.03. The maximum atomic E-state index is 12.3. The number of anilines is 1. The van der Waals surface area contributed by atoms with Gasteiger partial charge in [-0.05, 0) is 20.8 Å². The lowest BCUT2D eigenvalue weighted by molar-refractivity contribution is 0.00529. The quantitative estimate of drug-likeness (QED) is 0.825. The minimum atomic E-state index is -2.62. The first-order valence-electron chi connectivity index (χ1n) is 5.03. The molecular weight excluding hydrogens is 232 g/mol. The van der Waals surface area contributed by atoms with Crippen molar-refractivity contribution in [2.24, 2.45) is 0 Å². The molecule has 0 unspecified atom stereocenters. The molecule has 0 saturated heterocycles. The normalized spacial score (nSPS) is 11.9. The first kappa shape index (κ1) is 13.4. The maximum absolute atomic E-state index is 12.3. The molecule has 0 radical (unpaired) electrons. The summed E-state index contributed by atoms with van der Waals surface area (Å²) in [5.74, 6) is -0.756. The number of carbonyl (C=O) groups is 1. The third kappa shape index (κ3) is 3.69. The number of aromatic nitrogens is 2. The number of hydrogen-bond donors (Lipinski definition) is 1. The van der Waals surface area contributed by atoms with Gasteiger partial charge in [-0.25, -0.2) is 13.6 Å². The third-order valence-electron chi connectivity index (χ3n) is 1.77. The summed E-state index contributed by atoms with van der Waals surface area (Å²) in [4.78, 5) is 11.7. The van der Waals surface area contributed by atoms with Crippen LogP contribution in [-0.2, 0) is 11.3 Å². The molecule has 0 aliphatic heterocycles. The van der Waals surface area contributed by atoms with Crippen molar-refractivity contribution in [2.45, 2.75) is 39.3 Å². The van der Waals surface area contributed by atoms with Crippen LogP contribution >= 0.6 is 0 Å². The monoisotopic (exact) mass is 247 g/mol. The fraction of sp³-hybridized carbons (Fsp3) is 0.600. The Morgan fingerprint density at radius 1 is 1.59 bits per heavy atom. The van der Waals surface area contributed by atoms with E-state index in [0.717, 1.165) is 10.9 Å². The number of nitrogens with zero attached hydrogens (tertiary/aromatic N) is 2. The minimum Gasteiger partial charge on any atom is -0.455 e. The smallest absolute Gasteiger partial charge is 0.359 e. The number of alkyl halides is 2. The van der Waals surface area contributed by atoms with Crippen molar-refractivity contribution in [3.8, 4) is 0 Å². The maximum Gasteiger partial charge on any atom is 0.359 e. The van der Waals surface area contributed by atoms with Crippen LogP contribution in [0, 0.1) is 0 Å². The molecule has 0 bridgehead atoms. The fourth-order valence-corrected chi connectivity index (χ4v) is 1.22. The van der Waals surface area contributed by atoms with Crippen LogP contribution in [0.5, 0.6) is 0 Å². The van der Waals surface area contributed by atoms with Crippen LogP contribution in [0.15, 0.2) is 6.20 Å². The van der Waals surface area contributed by atoms with Gasteiger partial charge in [0.25, 0.3) is 6.43 Å². The van der Waals surface area contributed by atoms with Gasteiger partial charge in [0.05, 0.1) is 11.9 Å². The molecule has 5 nitrogen and oxygen atoms in total. The molecule has 1 aromatic rings. The average Bonchev–Trinajstić information content (AvgIpc) is 2.42. The van der Waals surface area contributed by atoms with Crippen LogP contribution in [0.25, 0.3) is 0 Å². The minimum absolute atomic E-state index is 0.0277. The van der Waals surface area contributed by atoms with Gasteiger partial charge in [-0.2, -0.15) is 5.10 Å². The van der Waals surface area contributed by atoms with Gasteiger partial charge in [-0.3, -0.25) is 4.68 Å². The van der Waals surface area contributed by atoms with Crippen LogP contribution in [0.2, 0.25) is 0 Å². The second-order valence-electron chi connectivity index (χ2n) is 4.52. The molecule has 7 heteroatoms. The molecule has 0 spiro atoms. The number of nitrogens with two attached hydrogens (primary N) is 1. The van der Waals surface area contributed by atoms with Crippen molar-refractivity contribution in [2.75, 3.05) is 5.73 Å². The lowest BCUT2D eigenvalue weighted by Crippen LogP contribution is -2.27. The van der Waals surface area contributed by atoms with Crippen LogP contribution in [0.3, 0.4) is 0 Å². The van der Waals surface area contributed by atoms with Gasteiger partial charge in [0.2, 0.25) is 0 Å². The van der Waals surface area contributed by atoms with Gasteiger partial charge in [0.15, 0.2) is 5.69 Å². The fourth-order valence-electron chi connectivity index (χ4n) is 1.22. The standard InChI is InChI=1S/C10H15F2N3O2/c1-10(2,3)17-9(16)8-6(13)4-14-15(8)5-7(11)12/h4,7H,5,13H2,1-3H3. The van der Waals surface area contributed by atoms with Crippen molar-refractivity contribution in [1.82, 2.24) is 9.78 Å². The first-order chi connectivity index (χ1) is 7.70. The third-order valence-corrected chi connectivity index (χ3v) is 1.77. The Balaban J connectivity index is 2.96. The molecule has 1 heterocycles. The zero-order valence-electron chi connectivity index (χ0n) is 9.91. The van der Waals surface area contributed by atoms with Crippen molar-refractivity contribution in [1.29, 1.82) is 0 Å². The van der Waals surface area contributed by atoms with E-state index in [1.54, 1.807) is 20.8 Å². The Morgan fingerprint density at radius 3 is 2.65 bits per heavy atom. The number of nitrogen functional groups attached to an aromatic ring is 1. The summed E-state index contributed by atoms with van der Waals surface area (Å²) in [6.07, 6.45) is -1.46. The SMILES string of the molecule is CC(C)(C)OC(=O)c1c(N)cnn1CC(F)F. The molecule has 96 valence electrons. The number of ether oxygens (including phenoxy) is 1.